The smallest absolute Gasteiger partial charge is 0.340 e. The summed E-state index contributed by atoms with van der Waals surface area (Å²) in [5.41, 5.74) is -1.57. The molecule has 0 amide bonds. The van der Waals surface area contributed by atoms with Gasteiger partial charge in [0.2, 0.25) is 0 Å². The first kappa shape index (κ1) is 11.9. The number of benzene rings is 1. The molecule has 80 valence electrons. The van der Waals surface area contributed by atoms with Crippen LogP contribution in [0.2, 0.25) is 0 Å². The molecule has 0 spiro atoms. The zero-order chi connectivity index (χ0) is 11.5. The molecule has 0 heterocycles. The van der Waals surface area contributed by atoms with Gasteiger partial charge in [-0.25, -0.2) is 4.79 Å². The van der Waals surface area contributed by atoms with Crippen molar-refractivity contribution < 1.29 is 15.0 Å². The molecule has 0 saturated heterocycles. The molecule has 0 fully saturated rings. The van der Waals surface area contributed by atoms with E-state index in [2.05, 4.69) is 22.5 Å². The van der Waals surface area contributed by atoms with Gasteiger partial charge in [0, 0.05) is 6.42 Å². The molecular formula is C11H11BrO3. The number of hydrogen-bond acceptors (Lipinski definition) is 2. The predicted molar refractivity (Wildman–Crippen MR) is 60.7 cm³/mol. The average Bonchev–Trinajstić information content (AvgIpc) is 2.17. The first-order valence-corrected chi connectivity index (χ1v) is 5.10. The Bertz CT molecular complexity index is 375. The molecule has 0 aliphatic rings. The Morgan fingerprint density at radius 3 is 2.33 bits per heavy atom. The molecular weight excluding hydrogens is 260 g/mol. The summed E-state index contributed by atoms with van der Waals surface area (Å²) in [4.78, 5) is 11.0. The van der Waals surface area contributed by atoms with Crippen LogP contribution in [-0.2, 0) is 10.4 Å². The second-order valence-electron chi connectivity index (χ2n) is 3.23. The Labute approximate surface area is 96.2 Å². The van der Waals surface area contributed by atoms with Crippen molar-refractivity contribution in [3.63, 3.8) is 0 Å². The van der Waals surface area contributed by atoms with Crippen molar-refractivity contribution >= 4 is 21.9 Å². The highest BCUT2D eigenvalue weighted by Crippen LogP contribution is 2.30. The van der Waals surface area contributed by atoms with E-state index < -0.39 is 11.6 Å². The first-order chi connectivity index (χ1) is 6.97. The summed E-state index contributed by atoms with van der Waals surface area (Å²) < 4.78 is 0.441. The number of carbonyl (C=O) groups is 1. The van der Waals surface area contributed by atoms with Crippen LogP contribution in [0.5, 0.6) is 0 Å². The van der Waals surface area contributed by atoms with Gasteiger partial charge in [0.25, 0.3) is 0 Å². The highest BCUT2D eigenvalue weighted by molar-refractivity contribution is 9.11. The van der Waals surface area contributed by atoms with Crippen LogP contribution >= 0.6 is 15.9 Å². The third-order valence-corrected chi connectivity index (χ3v) is 2.33. The predicted octanol–water partition coefficient (Wildman–Crippen LogP) is 2.26. The number of carboxylic acid groups (broad SMARTS) is 1. The van der Waals surface area contributed by atoms with Crippen molar-refractivity contribution in [2.24, 2.45) is 0 Å². The lowest BCUT2D eigenvalue weighted by molar-refractivity contribution is -0.159. The standard InChI is InChI=1S/C11H11BrO3/c1-8(12)7-11(15,10(13)14)9-5-3-2-4-6-9/h2-6,15H,1,7H2,(H,13,14). The zero-order valence-electron chi connectivity index (χ0n) is 7.98. The molecule has 1 atom stereocenters. The summed E-state index contributed by atoms with van der Waals surface area (Å²) >= 11 is 3.06. The lowest BCUT2D eigenvalue weighted by atomic mass is 9.91. The van der Waals surface area contributed by atoms with Gasteiger partial charge in [-0.1, -0.05) is 52.8 Å². The number of hydrogen-bond donors (Lipinski definition) is 2. The van der Waals surface area contributed by atoms with E-state index in [9.17, 15) is 9.90 Å². The summed E-state index contributed by atoms with van der Waals surface area (Å²) in [5.74, 6) is -1.28. The molecule has 4 heteroatoms. The van der Waals surface area contributed by atoms with Crippen molar-refractivity contribution in [2.75, 3.05) is 0 Å². The number of rotatable bonds is 4. The minimum Gasteiger partial charge on any atom is -0.479 e. The zero-order valence-corrected chi connectivity index (χ0v) is 9.57. The molecule has 0 aliphatic carbocycles. The fraction of sp³-hybridized carbons (Fsp3) is 0.182. The minimum absolute atomic E-state index is 0.0631. The molecule has 15 heavy (non-hydrogen) atoms. The molecule has 2 N–H and O–H groups in total. The highest BCUT2D eigenvalue weighted by Gasteiger charge is 2.37. The van der Waals surface area contributed by atoms with Crippen LogP contribution in [0.1, 0.15) is 12.0 Å². The van der Waals surface area contributed by atoms with Gasteiger partial charge in [0.15, 0.2) is 5.60 Å². The maximum Gasteiger partial charge on any atom is 0.340 e. The molecule has 1 rings (SSSR count). The van der Waals surface area contributed by atoms with Gasteiger partial charge in [0.1, 0.15) is 0 Å². The van der Waals surface area contributed by atoms with E-state index in [0.717, 1.165) is 0 Å². The van der Waals surface area contributed by atoms with E-state index in [1.807, 2.05) is 0 Å². The third kappa shape index (κ3) is 2.67. The van der Waals surface area contributed by atoms with Crippen molar-refractivity contribution in [2.45, 2.75) is 12.0 Å². The molecule has 0 radical (unpaired) electrons. The van der Waals surface area contributed by atoms with Crippen LogP contribution in [0.3, 0.4) is 0 Å². The number of halogens is 1. The Morgan fingerprint density at radius 1 is 1.40 bits per heavy atom. The number of aliphatic carboxylic acids is 1. The van der Waals surface area contributed by atoms with E-state index in [1.165, 1.54) is 0 Å². The lowest BCUT2D eigenvalue weighted by Gasteiger charge is -2.23. The summed E-state index contributed by atoms with van der Waals surface area (Å²) in [7, 11) is 0. The van der Waals surface area contributed by atoms with E-state index >= 15 is 0 Å². The van der Waals surface area contributed by atoms with Crippen LogP contribution in [0.15, 0.2) is 41.4 Å². The largest absolute Gasteiger partial charge is 0.479 e. The van der Waals surface area contributed by atoms with E-state index in [0.29, 0.717) is 10.0 Å². The summed E-state index contributed by atoms with van der Waals surface area (Å²) in [6.07, 6.45) is -0.0631. The minimum atomic E-state index is -1.91. The Kier molecular flexibility index (Phi) is 3.66. The van der Waals surface area contributed by atoms with E-state index in [-0.39, 0.29) is 6.42 Å². The molecule has 0 saturated carbocycles. The Hall–Kier alpha value is -1.13. The van der Waals surface area contributed by atoms with Crippen LogP contribution < -0.4 is 0 Å². The molecule has 0 bridgehead atoms. The first-order valence-electron chi connectivity index (χ1n) is 4.31. The van der Waals surface area contributed by atoms with Gasteiger partial charge in [-0.3, -0.25) is 0 Å². The fourth-order valence-corrected chi connectivity index (χ4v) is 1.70. The van der Waals surface area contributed by atoms with Gasteiger partial charge < -0.3 is 10.2 Å². The highest BCUT2D eigenvalue weighted by atomic mass is 79.9. The quantitative estimate of drug-likeness (QED) is 0.883. The molecule has 3 nitrogen and oxygen atoms in total. The van der Waals surface area contributed by atoms with Crippen molar-refractivity contribution in [3.05, 3.63) is 47.0 Å². The van der Waals surface area contributed by atoms with E-state index in [4.69, 9.17) is 5.11 Å². The van der Waals surface area contributed by atoms with Crippen LogP contribution in [-0.4, -0.2) is 16.2 Å². The number of carboxylic acids is 1. The van der Waals surface area contributed by atoms with Crippen LogP contribution in [0, 0.1) is 0 Å². The van der Waals surface area contributed by atoms with E-state index in [1.54, 1.807) is 30.3 Å². The van der Waals surface area contributed by atoms with Crippen molar-refractivity contribution in [1.29, 1.82) is 0 Å². The topological polar surface area (TPSA) is 57.5 Å². The third-order valence-electron chi connectivity index (χ3n) is 2.05. The molecule has 1 unspecified atom stereocenters. The monoisotopic (exact) mass is 270 g/mol. The van der Waals surface area contributed by atoms with Gasteiger partial charge >= 0.3 is 5.97 Å². The number of aliphatic hydroxyl groups is 1. The SMILES string of the molecule is C=C(Br)CC(O)(C(=O)O)c1ccccc1. The van der Waals surface area contributed by atoms with Crippen LogP contribution in [0.25, 0.3) is 0 Å². The fourth-order valence-electron chi connectivity index (χ4n) is 1.29. The lowest BCUT2D eigenvalue weighted by Crippen LogP contribution is -2.35. The van der Waals surface area contributed by atoms with Crippen molar-refractivity contribution in [3.8, 4) is 0 Å². The Balaban J connectivity index is 3.13. The normalized spacial score (nSPS) is 14.3. The second-order valence-corrected chi connectivity index (χ2v) is 4.35. The van der Waals surface area contributed by atoms with Crippen LogP contribution in [0.4, 0.5) is 0 Å². The average molecular weight is 271 g/mol. The maximum absolute atomic E-state index is 11.0. The van der Waals surface area contributed by atoms with Gasteiger partial charge in [0.05, 0.1) is 0 Å². The van der Waals surface area contributed by atoms with Gasteiger partial charge in [-0.05, 0) is 10.0 Å². The maximum atomic E-state index is 11.0. The van der Waals surface area contributed by atoms with Gasteiger partial charge in [-0.2, -0.15) is 0 Å². The molecule has 0 aromatic heterocycles. The molecule has 1 aromatic carbocycles. The van der Waals surface area contributed by atoms with Crippen molar-refractivity contribution in [1.82, 2.24) is 0 Å². The molecule has 0 aliphatic heterocycles. The summed E-state index contributed by atoms with van der Waals surface area (Å²) in [6, 6.07) is 8.27. The Morgan fingerprint density at radius 2 is 1.93 bits per heavy atom. The summed E-state index contributed by atoms with van der Waals surface area (Å²) in [5, 5.41) is 19.1. The van der Waals surface area contributed by atoms with Gasteiger partial charge in [-0.15, -0.1) is 0 Å². The summed E-state index contributed by atoms with van der Waals surface area (Å²) in [6.45, 7) is 3.54. The molecule has 1 aromatic rings. The second kappa shape index (κ2) is 4.59.